The summed E-state index contributed by atoms with van der Waals surface area (Å²) in [6.45, 7) is 7.64. The van der Waals surface area contributed by atoms with Gasteiger partial charge in [0.05, 0.1) is 0 Å². The molecule has 4 N–H and O–H groups in total. The molecule has 0 saturated carbocycles. The first-order chi connectivity index (χ1) is 22.6. The van der Waals surface area contributed by atoms with Gasteiger partial charge in [-0.2, -0.15) is 11.8 Å². The zero-order chi connectivity index (χ0) is 36.0. The summed E-state index contributed by atoms with van der Waals surface area (Å²) in [7, 11) is 8.58. The SMILES string of the molecule is CCSCCC(=O)CCCCCCCCCN(Cc1cc(COC(=O)CC)ccc1OC(=O)N(C)CCN(C)C)C(C)=O.CN.CN. The number of nitrogens with zero attached hydrogens (tertiary/aromatic N) is 3. The monoisotopic (exact) mass is 683 g/mol. The van der Waals surface area contributed by atoms with Crippen LogP contribution in [0.1, 0.15) is 96.1 Å². The van der Waals surface area contributed by atoms with E-state index < -0.39 is 6.09 Å². The lowest BCUT2D eigenvalue weighted by atomic mass is 10.1. The van der Waals surface area contributed by atoms with Gasteiger partial charge < -0.3 is 35.6 Å². The Morgan fingerprint density at radius 3 is 2.00 bits per heavy atom. The minimum Gasteiger partial charge on any atom is -0.461 e. The molecule has 11 nitrogen and oxygen atoms in total. The summed E-state index contributed by atoms with van der Waals surface area (Å²) in [6.07, 6.45) is 8.51. The number of carbonyl (C=O) groups is 4. The van der Waals surface area contributed by atoms with Gasteiger partial charge in [0.1, 0.15) is 18.1 Å². The fourth-order valence-electron chi connectivity index (χ4n) is 4.34. The standard InChI is InChI=1S/C33H55N3O6S.2CH5N/c1-7-32(39)41-26-28-17-18-31(42-33(40)35(6)22-21-34(4)5)29(24-28)25-36(27(3)37)20-15-13-11-9-10-12-14-16-30(38)19-23-43-8-2;2*1-2/h17-18,24H,7-16,19-23,25-26H2,1-6H3;2*2H2,1H3. The molecule has 0 spiro atoms. The van der Waals surface area contributed by atoms with Gasteiger partial charge in [0, 0.05) is 70.7 Å². The minimum absolute atomic E-state index is 0.0507. The number of carbonyl (C=O) groups excluding carboxylic acids is 4. The summed E-state index contributed by atoms with van der Waals surface area (Å²) in [5.74, 6) is 2.43. The average Bonchev–Trinajstić information content (AvgIpc) is 3.07. The van der Waals surface area contributed by atoms with Crippen LogP contribution in [0, 0.1) is 0 Å². The third kappa shape index (κ3) is 24.2. The molecule has 0 unspecified atom stereocenters. The molecule has 2 amide bonds. The van der Waals surface area contributed by atoms with E-state index in [4.69, 9.17) is 9.47 Å². The maximum Gasteiger partial charge on any atom is 0.415 e. The van der Waals surface area contributed by atoms with E-state index in [0.717, 1.165) is 62.0 Å². The molecule has 0 saturated heterocycles. The number of thioether (sulfide) groups is 1. The fourth-order valence-corrected chi connectivity index (χ4v) is 5.00. The molecule has 0 fully saturated rings. The summed E-state index contributed by atoms with van der Waals surface area (Å²) in [6, 6.07) is 5.32. The summed E-state index contributed by atoms with van der Waals surface area (Å²) in [4.78, 5) is 54.2. The number of amides is 2. The summed E-state index contributed by atoms with van der Waals surface area (Å²) in [5, 5.41) is 0. The molecule has 1 rings (SSSR count). The fraction of sp³-hybridized carbons (Fsp3) is 0.714. The molecule has 1 aromatic carbocycles. The first-order valence-corrected chi connectivity index (χ1v) is 18.1. The number of unbranched alkanes of at least 4 members (excludes halogenated alkanes) is 6. The van der Waals surface area contributed by atoms with Crippen LogP contribution in [-0.2, 0) is 32.3 Å². The van der Waals surface area contributed by atoms with Gasteiger partial charge in [0.15, 0.2) is 0 Å². The number of hydrogen-bond donors (Lipinski definition) is 2. The second-order valence-corrected chi connectivity index (χ2v) is 12.6. The lowest BCUT2D eigenvalue weighted by Gasteiger charge is -2.24. The van der Waals surface area contributed by atoms with Gasteiger partial charge in [0.2, 0.25) is 5.91 Å². The Labute approximate surface area is 289 Å². The van der Waals surface area contributed by atoms with Crippen molar-refractivity contribution >= 4 is 35.5 Å². The number of rotatable bonds is 23. The van der Waals surface area contributed by atoms with Crippen LogP contribution in [0.5, 0.6) is 5.75 Å². The summed E-state index contributed by atoms with van der Waals surface area (Å²) >= 11 is 1.82. The molecular weight excluding hydrogens is 618 g/mol. The van der Waals surface area contributed by atoms with E-state index in [0.29, 0.717) is 56.1 Å². The largest absolute Gasteiger partial charge is 0.461 e. The first kappa shape index (κ1) is 46.4. The molecule has 0 heterocycles. The lowest BCUT2D eigenvalue weighted by molar-refractivity contribution is -0.144. The van der Waals surface area contributed by atoms with Crippen molar-refractivity contribution in [2.24, 2.45) is 11.5 Å². The van der Waals surface area contributed by atoms with Gasteiger partial charge in [-0.15, -0.1) is 0 Å². The molecule has 0 aliphatic carbocycles. The number of Topliss-reactive ketones (excluding diaryl/α,β-unsaturated/α-hetero) is 1. The predicted molar refractivity (Wildman–Crippen MR) is 195 cm³/mol. The number of nitrogens with two attached hydrogens (primary N) is 2. The van der Waals surface area contributed by atoms with E-state index in [1.54, 1.807) is 37.9 Å². The van der Waals surface area contributed by atoms with Crippen LogP contribution < -0.4 is 16.2 Å². The third-order valence-corrected chi connectivity index (χ3v) is 8.03. The molecule has 0 radical (unpaired) electrons. The molecule has 0 aromatic heterocycles. The molecular formula is C35H65N5O6S. The van der Waals surface area contributed by atoms with Crippen molar-refractivity contribution in [2.75, 3.05) is 66.4 Å². The van der Waals surface area contributed by atoms with E-state index in [9.17, 15) is 19.2 Å². The van der Waals surface area contributed by atoms with E-state index >= 15 is 0 Å². The lowest BCUT2D eigenvalue weighted by Crippen LogP contribution is -2.35. The van der Waals surface area contributed by atoms with E-state index in [1.807, 2.05) is 36.8 Å². The highest BCUT2D eigenvalue weighted by Gasteiger charge is 2.18. The molecule has 0 aliphatic heterocycles. The van der Waals surface area contributed by atoms with Crippen molar-refractivity contribution in [1.82, 2.24) is 14.7 Å². The molecule has 47 heavy (non-hydrogen) atoms. The highest BCUT2D eigenvalue weighted by molar-refractivity contribution is 7.99. The Morgan fingerprint density at radius 2 is 1.43 bits per heavy atom. The number of ketones is 1. The molecule has 0 atom stereocenters. The van der Waals surface area contributed by atoms with Gasteiger partial charge in [-0.3, -0.25) is 14.4 Å². The van der Waals surface area contributed by atoms with Gasteiger partial charge in [-0.05, 0) is 64.5 Å². The Morgan fingerprint density at radius 1 is 0.809 bits per heavy atom. The van der Waals surface area contributed by atoms with Gasteiger partial charge in [-0.25, -0.2) is 4.79 Å². The topological polar surface area (TPSA) is 148 Å². The Balaban J connectivity index is 0. The molecule has 272 valence electrons. The Bertz CT molecular complexity index is 995. The van der Waals surface area contributed by atoms with Crippen LogP contribution >= 0.6 is 11.8 Å². The molecule has 12 heteroatoms. The second kappa shape index (κ2) is 30.7. The van der Waals surface area contributed by atoms with E-state index in [-0.39, 0.29) is 24.9 Å². The molecule has 0 bridgehead atoms. The molecule has 0 aliphatic rings. The molecule has 1 aromatic rings. The van der Waals surface area contributed by atoms with Crippen LogP contribution in [-0.4, -0.2) is 105 Å². The quantitative estimate of drug-likeness (QED) is 0.112. The van der Waals surface area contributed by atoms with E-state index in [1.165, 1.54) is 19.0 Å². The number of ether oxygens (including phenoxy) is 2. The highest BCUT2D eigenvalue weighted by atomic mass is 32.2. The van der Waals surface area contributed by atoms with Crippen LogP contribution in [0.3, 0.4) is 0 Å². The highest BCUT2D eigenvalue weighted by Crippen LogP contribution is 2.24. The van der Waals surface area contributed by atoms with E-state index in [2.05, 4.69) is 18.4 Å². The maximum atomic E-state index is 12.8. The third-order valence-electron chi connectivity index (χ3n) is 7.12. The predicted octanol–water partition coefficient (Wildman–Crippen LogP) is 5.46. The van der Waals surface area contributed by atoms with Crippen LogP contribution in [0.4, 0.5) is 4.79 Å². The smallest absolute Gasteiger partial charge is 0.415 e. The zero-order valence-corrected chi connectivity index (χ0v) is 31.4. The van der Waals surface area contributed by atoms with Crippen molar-refractivity contribution in [1.29, 1.82) is 0 Å². The van der Waals surface area contributed by atoms with Crippen molar-refractivity contribution in [2.45, 2.75) is 98.1 Å². The number of likely N-dealkylation sites (N-methyl/N-ethyl adjacent to an activating group) is 2. The number of benzene rings is 1. The van der Waals surface area contributed by atoms with Crippen LogP contribution in [0.15, 0.2) is 18.2 Å². The van der Waals surface area contributed by atoms with Crippen molar-refractivity contribution < 1.29 is 28.7 Å². The summed E-state index contributed by atoms with van der Waals surface area (Å²) in [5.41, 5.74) is 10.5. The minimum atomic E-state index is -0.470. The van der Waals surface area contributed by atoms with Crippen LogP contribution in [0.25, 0.3) is 0 Å². The summed E-state index contributed by atoms with van der Waals surface area (Å²) < 4.78 is 11.1. The van der Waals surface area contributed by atoms with Crippen molar-refractivity contribution in [3.05, 3.63) is 29.3 Å². The maximum absolute atomic E-state index is 12.8. The van der Waals surface area contributed by atoms with Crippen molar-refractivity contribution in [3.63, 3.8) is 0 Å². The van der Waals surface area contributed by atoms with Crippen molar-refractivity contribution in [3.8, 4) is 5.75 Å². The number of hydrogen-bond acceptors (Lipinski definition) is 10. The average molecular weight is 684 g/mol. The van der Waals surface area contributed by atoms with Crippen LogP contribution in [0.2, 0.25) is 0 Å². The first-order valence-electron chi connectivity index (χ1n) is 16.9. The second-order valence-electron chi connectivity index (χ2n) is 11.2. The van der Waals surface area contributed by atoms with Gasteiger partial charge in [0.25, 0.3) is 0 Å². The van der Waals surface area contributed by atoms with Gasteiger partial charge in [-0.1, -0.05) is 52.0 Å². The Kier molecular flexibility index (Phi) is 30.3. The van der Waals surface area contributed by atoms with Gasteiger partial charge >= 0.3 is 12.1 Å². The zero-order valence-electron chi connectivity index (χ0n) is 30.6. The normalized spacial score (nSPS) is 10.3. The number of esters is 1. The Hall–Kier alpha value is -2.67.